The van der Waals surface area contributed by atoms with Gasteiger partial charge in [-0.1, -0.05) is 24.3 Å². The zero-order valence-corrected chi connectivity index (χ0v) is 12.7. The molecule has 0 aliphatic heterocycles. The van der Waals surface area contributed by atoms with E-state index in [-0.39, 0.29) is 11.7 Å². The first-order chi connectivity index (χ1) is 11.0. The number of anilines is 1. The summed E-state index contributed by atoms with van der Waals surface area (Å²) in [4.78, 5) is 26.9. The molecule has 2 aromatic carbocycles. The van der Waals surface area contributed by atoms with E-state index in [2.05, 4.69) is 10.3 Å². The molecule has 23 heavy (non-hydrogen) atoms. The standard InChI is InChI=1S/C18H15FN2O2/c1-10-16(14-7-4-8-15(19)17(14)20-10)18(23)21-13-6-3-5-12(9-13)11(2)22/h3-9,20H,1-2H3,(H,21,23). The number of hydrogen-bond donors (Lipinski definition) is 2. The van der Waals surface area contributed by atoms with Crippen LogP contribution in [0.2, 0.25) is 0 Å². The van der Waals surface area contributed by atoms with Crippen LogP contribution in [0.1, 0.15) is 33.3 Å². The van der Waals surface area contributed by atoms with Crippen molar-refractivity contribution in [2.45, 2.75) is 13.8 Å². The van der Waals surface area contributed by atoms with Crippen LogP contribution in [0.15, 0.2) is 42.5 Å². The first kappa shape index (κ1) is 15.0. The van der Waals surface area contributed by atoms with E-state index < -0.39 is 5.82 Å². The lowest BCUT2D eigenvalue weighted by Crippen LogP contribution is -2.13. The Labute approximate surface area is 132 Å². The maximum absolute atomic E-state index is 13.8. The van der Waals surface area contributed by atoms with E-state index in [1.165, 1.54) is 13.0 Å². The molecule has 0 aliphatic carbocycles. The number of aryl methyl sites for hydroxylation is 1. The molecule has 0 unspecified atom stereocenters. The summed E-state index contributed by atoms with van der Waals surface area (Å²) >= 11 is 0. The number of rotatable bonds is 3. The number of carbonyl (C=O) groups excluding carboxylic acids is 2. The maximum Gasteiger partial charge on any atom is 0.258 e. The number of benzene rings is 2. The van der Waals surface area contributed by atoms with Crippen molar-refractivity contribution >= 4 is 28.3 Å². The minimum Gasteiger partial charge on any atom is -0.356 e. The molecule has 0 spiro atoms. The van der Waals surface area contributed by atoms with E-state index in [1.807, 2.05) is 0 Å². The number of para-hydroxylation sites is 1. The first-order valence-electron chi connectivity index (χ1n) is 7.16. The summed E-state index contributed by atoms with van der Waals surface area (Å²) in [7, 11) is 0. The summed E-state index contributed by atoms with van der Waals surface area (Å²) in [5, 5.41) is 3.29. The van der Waals surface area contributed by atoms with Crippen molar-refractivity contribution in [2.75, 3.05) is 5.32 Å². The van der Waals surface area contributed by atoms with Gasteiger partial charge in [0.25, 0.3) is 5.91 Å². The van der Waals surface area contributed by atoms with Crippen LogP contribution in [-0.4, -0.2) is 16.7 Å². The summed E-state index contributed by atoms with van der Waals surface area (Å²) in [6.07, 6.45) is 0. The van der Waals surface area contributed by atoms with Gasteiger partial charge in [0.2, 0.25) is 0 Å². The van der Waals surface area contributed by atoms with E-state index in [4.69, 9.17) is 0 Å². The molecule has 0 bridgehead atoms. The Bertz CT molecular complexity index is 928. The SMILES string of the molecule is CC(=O)c1cccc(NC(=O)c2c(C)[nH]c3c(F)cccc23)c1. The van der Waals surface area contributed by atoms with Gasteiger partial charge in [-0.15, -0.1) is 0 Å². The smallest absolute Gasteiger partial charge is 0.258 e. The summed E-state index contributed by atoms with van der Waals surface area (Å²) in [5.41, 5.74) is 2.34. The fourth-order valence-electron chi connectivity index (χ4n) is 2.61. The maximum atomic E-state index is 13.8. The van der Waals surface area contributed by atoms with Crippen LogP contribution in [0, 0.1) is 12.7 Å². The molecule has 1 heterocycles. The van der Waals surface area contributed by atoms with Gasteiger partial charge < -0.3 is 10.3 Å². The predicted octanol–water partition coefficient (Wildman–Crippen LogP) is 4.07. The molecule has 3 aromatic rings. The van der Waals surface area contributed by atoms with Crippen LogP contribution < -0.4 is 5.32 Å². The Morgan fingerprint density at radius 2 is 1.87 bits per heavy atom. The highest BCUT2D eigenvalue weighted by molar-refractivity contribution is 6.14. The average Bonchev–Trinajstić information content (AvgIpc) is 2.85. The van der Waals surface area contributed by atoms with Crippen molar-refractivity contribution < 1.29 is 14.0 Å². The van der Waals surface area contributed by atoms with Gasteiger partial charge in [0.15, 0.2) is 5.78 Å². The minimum atomic E-state index is -0.400. The number of halogens is 1. The molecule has 4 nitrogen and oxygen atoms in total. The van der Waals surface area contributed by atoms with Crippen LogP contribution in [-0.2, 0) is 0 Å². The van der Waals surface area contributed by atoms with E-state index in [0.717, 1.165) is 0 Å². The van der Waals surface area contributed by atoms with Crippen LogP contribution in [0.4, 0.5) is 10.1 Å². The molecule has 0 radical (unpaired) electrons. The van der Waals surface area contributed by atoms with Crippen molar-refractivity contribution in [3.63, 3.8) is 0 Å². The number of ketones is 1. The molecule has 1 aromatic heterocycles. The normalized spacial score (nSPS) is 10.7. The Morgan fingerprint density at radius 3 is 2.61 bits per heavy atom. The lowest BCUT2D eigenvalue weighted by molar-refractivity contribution is 0.101. The molecular formula is C18H15FN2O2. The quantitative estimate of drug-likeness (QED) is 0.716. The molecule has 0 fully saturated rings. The van der Waals surface area contributed by atoms with E-state index in [0.29, 0.717) is 33.4 Å². The van der Waals surface area contributed by atoms with Crippen LogP contribution in [0.3, 0.4) is 0 Å². The van der Waals surface area contributed by atoms with Gasteiger partial charge in [0, 0.05) is 22.3 Å². The molecule has 0 saturated carbocycles. The van der Waals surface area contributed by atoms with Crippen molar-refractivity contribution in [3.05, 3.63) is 65.1 Å². The fraction of sp³-hybridized carbons (Fsp3) is 0.111. The molecule has 5 heteroatoms. The zero-order valence-electron chi connectivity index (χ0n) is 12.7. The highest BCUT2D eigenvalue weighted by Crippen LogP contribution is 2.25. The van der Waals surface area contributed by atoms with E-state index in [1.54, 1.807) is 43.3 Å². The second-order valence-corrected chi connectivity index (χ2v) is 5.38. The second-order valence-electron chi connectivity index (χ2n) is 5.38. The average molecular weight is 310 g/mol. The minimum absolute atomic E-state index is 0.0774. The summed E-state index contributed by atoms with van der Waals surface area (Å²) in [6.45, 7) is 3.19. The Hall–Kier alpha value is -2.95. The summed E-state index contributed by atoms with van der Waals surface area (Å²) < 4.78 is 13.8. The molecule has 3 rings (SSSR count). The Balaban J connectivity index is 1.98. The second kappa shape index (κ2) is 5.68. The molecule has 2 N–H and O–H groups in total. The first-order valence-corrected chi connectivity index (χ1v) is 7.16. The predicted molar refractivity (Wildman–Crippen MR) is 87.4 cm³/mol. The molecule has 0 aliphatic rings. The topological polar surface area (TPSA) is 62.0 Å². The zero-order chi connectivity index (χ0) is 16.6. The third-order valence-corrected chi connectivity index (χ3v) is 3.72. The van der Waals surface area contributed by atoms with Gasteiger partial charge in [-0.3, -0.25) is 9.59 Å². The lowest BCUT2D eigenvalue weighted by atomic mass is 10.1. The monoisotopic (exact) mass is 310 g/mol. The van der Waals surface area contributed by atoms with Crippen molar-refractivity contribution in [2.24, 2.45) is 0 Å². The van der Waals surface area contributed by atoms with Gasteiger partial charge >= 0.3 is 0 Å². The van der Waals surface area contributed by atoms with Crippen LogP contribution >= 0.6 is 0 Å². The number of fused-ring (bicyclic) bond motifs is 1. The van der Waals surface area contributed by atoms with Gasteiger partial charge in [0.1, 0.15) is 5.82 Å². The van der Waals surface area contributed by atoms with E-state index in [9.17, 15) is 14.0 Å². The third kappa shape index (κ3) is 2.73. The number of Topliss-reactive ketones (excluding diaryl/α,β-unsaturated/α-hetero) is 1. The van der Waals surface area contributed by atoms with E-state index >= 15 is 0 Å². The van der Waals surface area contributed by atoms with Crippen molar-refractivity contribution in [3.8, 4) is 0 Å². The molecule has 1 amide bonds. The van der Waals surface area contributed by atoms with Gasteiger partial charge in [-0.05, 0) is 32.0 Å². The number of amides is 1. The molecule has 116 valence electrons. The molecule has 0 saturated heterocycles. The van der Waals surface area contributed by atoms with Crippen LogP contribution in [0.25, 0.3) is 10.9 Å². The number of carbonyl (C=O) groups is 2. The number of H-pyrrole nitrogens is 1. The highest BCUT2D eigenvalue weighted by Gasteiger charge is 2.18. The Morgan fingerprint density at radius 1 is 1.13 bits per heavy atom. The Kier molecular flexibility index (Phi) is 3.70. The van der Waals surface area contributed by atoms with Gasteiger partial charge in [-0.25, -0.2) is 4.39 Å². The number of hydrogen-bond acceptors (Lipinski definition) is 2. The molecule has 0 atom stereocenters. The number of aromatic nitrogens is 1. The number of aromatic amines is 1. The van der Waals surface area contributed by atoms with Crippen LogP contribution in [0.5, 0.6) is 0 Å². The third-order valence-electron chi connectivity index (χ3n) is 3.72. The highest BCUT2D eigenvalue weighted by atomic mass is 19.1. The van der Waals surface area contributed by atoms with Crippen molar-refractivity contribution in [1.29, 1.82) is 0 Å². The summed E-state index contributed by atoms with van der Waals surface area (Å²) in [6, 6.07) is 11.3. The molecular weight excluding hydrogens is 295 g/mol. The fourth-order valence-corrected chi connectivity index (χ4v) is 2.61. The summed E-state index contributed by atoms with van der Waals surface area (Å²) in [5.74, 6) is -0.824. The lowest BCUT2D eigenvalue weighted by Gasteiger charge is -2.07. The van der Waals surface area contributed by atoms with Gasteiger partial charge in [0.05, 0.1) is 11.1 Å². The largest absolute Gasteiger partial charge is 0.356 e. The number of nitrogens with one attached hydrogen (secondary N) is 2. The van der Waals surface area contributed by atoms with Crippen molar-refractivity contribution in [1.82, 2.24) is 4.98 Å². The van der Waals surface area contributed by atoms with Gasteiger partial charge in [-0.2, -0.15) is 0 Å².